The second kappa shape index (κ2) is 6.87. The van der Waals surface area contributed by atoms with Crippen LogP contribution < -0.4 is 0 Å². The minimum Gasteiger partial charge on any atom is -0.387 e. The molecule has 134 valence electrons. The van der Waals surface area contributed by atoms with Crippen molar-refractivity contribution >= 4 is 29.0 Å². The monoisotopic (exact) mass is 385 g/mol. The van der Waals surface area contributed by atoms with E-state index in [0.717, 1.165) is 24.2 Å². The van der Waals surface area contributed by atoms with E-state index in [1.54, 1.807) is 13.0 Å². The average Bonchev–Trinajstić information content (AvgIpc) is 2.87. The fourth-order valence-corrected chi connectivity index (χ4v) is 3.42. The fraction of sp³-hybridized carbons (Fsp3) is 0.467. The molecule has 3 heterocycles. The number of aromatic nitrogens is 3. The maximum Gasteiger partial charge on any atom is 0.383 e. The van der Waals surface area contributed by atoms with Gasteiger partial charge in [-0.15, -0.1) is 0 Å². The van der Waals surface area contributed by atoms with Crippen molar-refractivity contribution in [3.8, 4) is 0 Å². The quantitative estimate of drug-likeness (QED) is 0.481. The summed E-state index contributed by atoms with van der Waals surface area (Å²) in [5.74, 6) is -0.337. The van der Waals surface area contributed by atoms with E-state index in [1.165, 1.54) is 10.8 Å². The van der Waals surface area contributed by atoms with E-state index in [9.17, 15) is 15.2 Å². The topological polar surface area (TPSA) is 97.3 Å². The minimum absolute atomic E-state index is 0.0187. The maximum atomic E-state index is 10.8. The molecule has 0 saturated carbocycles. The van der Waals surface area contributed by atoms with Gasteiger partial charge in [0.25, 0.3) is 0 Å². The van der Waals surface area contributed by atoms with Crippen LogP contribution in [0.3, 0.4) is 0 Å². The summed E-state index contributed by atoms with van der Waals surface area (Å²) in [6.45, 7) is 3.57. The minimum atomic E-state index is -1.13. The van der Waals surface area contributed by atoms with Crippen molar-refractivity contribution in [1.29, 1.82) is 0 Å². The van der Waals surface area contributed by atoms with Gasteiger partial charge in [-0.05, 0) is 40.1 Å². The number of fused-ring (bicyclic) bond motifs is 1. The molecule has 0 amide bonds. The van der Waals surface area contributed by atoms with E-state index >= 15 is 0 Å². The second-order valence-corrected chi connectivity index (χ2v) is 7.18. The molecule has 1 N–H and O–H groups in total. The summed E-state index contributed by atoms with van der Waals surface area (Å²) >= 11 is 11.8. The third-order valence-corrected chi connectivity index (χ3v) is 4.58. The van der Waals surface area contributed by atoms with Crippen molar-refractivity contribution in [2.24, 2.45) is 0 Å². The number of β-amino-alcohol motifs (C(OH)–C–C–N with tert-alkyl or cyclic N) is 1. The molecule has 10 heteroatoms. The molecule has 0 bridgehead atoms. The van der Waals surface area contributed by atoms with Gasteiger partial charge in [-0.3, -0.25) is 9.47 Å². The highest BCUT2D eigenvalue weighted by Gasteiger charge is 2.30. The summed E-state index contributed by atoms with van der Waals surface area (Å²) in [6, 6.07) is 3.70. The number of halogens is 2. The molecule has 3 rings (SSSR count). The molecule has 0 saturated heterocycles. The van der Waals surface area contributed by atoms with Gasteiger partial charge >= 0.3 is 11.1 Å². The zero-order valence-corrected chi connectivity index (χ0v) is 15.0. The Morgan fingerprint density at radius 2 is 2.12 bits per heavy atom. The van der Waals surface area contributed by atoms with Crippen LogP contribution in [-0.4, -0.2) is 48.2 Å². The van der Waals surface area contributed by atoms with Gasteiger partial charge in [0.15, 0.2) is 0 Å². The number of rotatable bonds is 5. The first-order valence-corrected chi connectivity index (χ1v) is 8.45. The number of pyridine rings is 1. The van der Waals surface area contributed by atoms with E-state index in [4.69, 9.17) is 23.2 Å². The highest BCUT2D eigenvalue weighted by atomic mass is 35.5. The van der Waals surface area contributed by atoms with Gasteiger partial charge in [0.1, 0.15) is 11.3 Å². The second-order valence-electron chi connectivity index (χ2n) is 6.45. The van der Waals surface area contributed by atoms with E-state index in [2.05, 4.69) is 14.9 Å². The van der Waals surface area contributed by atoms with Gasteiger partial charge < -0.3 is 15.2 Å². The smallest absolute Gasteiger partial charge is 0.383 e. The standard InChI is InChI=1S/C15H17Cl2N5O3/c1-15(23,9-21-7-13(22(24)25)19-14(21)17)8-20-5-4-11-10(6-20)2-3-12(16)18-11/h2-3,7,23H,4-6,8-9H2,1H3. The van der Waals surface area contributed by atoms with E-state index in [-0.39, 0.29) is 17.6 Å². The molecule has 0 radical (unpaired) electrons. The van der Waals surface area contributed by atoms with Crippen LogP contribution in [0.25, 0.3) is 0 Å². The third-order valence-electron chi connectivity index (χ3n) is 4.07. The Bertz CT molecular complexity index is 808. The highest BCUT2D eigenvalue weighted by molar-refractivity contribution is 6.29. The summed E-state index contributed by atoms with van der Waals surface area (Å²) in [7, 11) is 0. The van der Waals surface area contributed by atoms with Crippen molar-refractivity contribution in [3.05, 3.63) is 50.1 Å². The third kappa shape index (κ3) is 4.27. The van der Waals surface area contributed by atoms with Crippen LogP contribution in [0.4, 0.5) is 5.82 Å². The Labute approximate surface area is 154 Å². The molecule has 1 aliphatic rings. The summed E-state index contributed by atoms with van der Waals surface area (Å²) in [4.78, 5) is 20.3. The molecule has 1 atom stereocenters. The van der Waals surface area contributed by atoms with Crippen LogP contribution in [0.5, 0.6) is 0 Å². The predicted molar refractivity (Wildman–Crippen MR) is 92.7 cm³/mol. The highest BCUT2D eigenvalue weighted by Crippen LogP contribution is 2.23. The first-order chi connectivity index (χ1) is 11.7. The zero-order chi connectivity index (χ0) is 18.2. The van der Waals surface area contributed by atoms with Crippen molar-refractivity contribution in [3.63, 3.8) is 0 Å². The first kappa shape index (κ1) is 18.1. The van der Waals surface area contributed by atoms with Crippen molar-refractivity contribution < 1.29 is 10.0 Å². The lowest BCUT2D eigenvalue weighted by Gasteiger charge is -2.34. The molecule has 0 spiro atoms. The lowest BCUT2D eigenvalue weighted by molar-refractivity contribution is -0.389. The first-order valence-electron chi connectivity index (χ1n) is 7.70. The largest absolute Gasteiger partial charge is 0.387 e. The van der Waals surface area contributed by atoms with E-state index < -0.39 is 10.5 Å². The van der Waals surface area contributed by atoms with Crippen LogP contribution >= 0.6 is 23.2 Å². The maximum absolute atomic E-state index is 10.8. The molecule has 1 unspecified atom stereocenters. The number of nitrogens with zero attached hydrogens (tertiary/aromatic N) is 5. The molecule has 8 nitrogen and oxygen atoms in total. The van der Waals surface area contributed by atoms with E-state index in [1.807, 2.05) is 6.07 Å². The van der Waals surface area contributed by atoms with Crippen molar-refractivity contribution in [2.75, 3.05) is 13.1 Å². The Morgan fingerprint density at radius 3 is 2.80 bits per heavy atom. The number of aliphatic hydroxyl groups is 1. The van der Waals surface area contributed by atoms with Gasteiger partial charge in [0, 0.05) is 31.7 Å². The number of hydrogen-bond acceptors (Lipinski definition) is 6. The number of nitro groups is 1. The van der Waals surface area contributed by atoms with Crippen LogP contribution in [0.2, 0.25) is 10.4 Å². The fourth-order valence-electron chi connectivity index (χ4n) is 3.06. The van der Waals surface area contributed by atoms with Crippen molar-refractivity contribution in [1.82, 2.24) is 19.4 Å². The summed E-state index contributed by atoms with van der Waals surface area (Å²) in [5, 5.41) is 22.0. The lowest BCUT2D eigenvalue weighted by atomic mass is 10.0. The molecule has 0 fully saturated rings. The lowest BCUT2D eigenvalue weighted by Crippen LogP contribution is -2.45. The van der Waals surface area contributed by atoms with Gasteiger partial charge in [0.2, 0.25) is 0 Å². The van der Waals surface area contributed by atoms with E-state index in [0.29, 0.717) is 18.2 Å². The van der Waals surface area contributed by atoms with Gasteiger partial charge in [0.05, 0.1) is 12.1 Å². The van der Waals surface area contributed by atoms with Crippen LogP contribution in [0.15, 0.2) is 18.3 Å². The van der Waals surface area contributed by atoms with Crippen LogP contribution in [-0.2, 0) is 19.5 Å². The SMILES string of the molecule is CC(O)(CN1CCc2nc(Cl)ccc2C1)Cn1cc([N+](=O)[O-])nc1Cl. The van der Waals surface area contributed by atoms with Crippen molar-refractivity contribution in [2.45, 2.75) is 32.0 Å². The average molecular weight is 386 g/mol. The Balaban J connectivity index is 1.67. The van der Waals surface area contributed by atoms with Gasteiger partial charge in [-0.2, -0.15) is 0 Å². The van der Waals surface area contributed by atoms with Crippen LogP contribution in [0, 0.1) is 10.1 Å². The van der Waals surface area contributed by atoms with Gasteiger partial charge in [-0.1, -0.05) is 17.7 Å². The Hall–Kier alpha value is -1.74. The summed E-state index contributed by atoms with van der Waals surface area (Å²) in [6.07, 6.45) is 1.98. The van der Waals surface area contributed by atoms with Gasteiger partial charge in [-0.25, -0.2) is 4.98 Å². The number of hydrogen-bond donors (Lipinski definition) is 1. The molecular weight excluding hydrogens is 369 g/mol. The molecule has 2 aromatic rings. The molecule has 1 aliphatic heterocycles. The normalized spacial score (nSPS) is 17.1. The molecule has 0 aromatic carbocycles. The zero-order valence-electron chi connectivity index (χ0n) is 13.5. The Morgan fingerprint density at radius 1 is 1.36 bits per heavy atom. The molecule has 2 aromatic heterocycles. The summed E-state index contributed by atoms with van der Waals surface area (Å²) < 4.78 is 1.39. The predicted octanol–water partition coefficient (Wildman–Crippen LogP) is 2.30. The summed E-state index contributed by atoms with van der Waals surface area (Å²) in [5.41, 5.74) is 0.940. The van der Waals surface area contributed by atoms with Crippen LogP contribution in [0.1, 0.15) is 18.2 Å². The number of imidazole rings is 1. The molecule has 25 heavy (non-hydrogen) atoms. The molecular formula is C15H17Cl2N5O3. The Kier molecular flexibility index (Phi) is 4.97. The molecule has 0 aliphatic carbocycles.